The van der Waals surface area contributed by atoms with Crippen molar-refractivity contribution in [1.29, 1.82) is 0 Å². The van der Waals surface area contributed by atoms with Gasteiger partial charge in [0.25, 0.3) is 5.69 Å². The number of aromatic nitrogens is 4. The molecule has 36 heavy (non-hydrogen) atoms. The summed E-state index contributed by atoms with van der Waals surface area (Å²) < 4.78 is 1.81. The van der Waals surface area contributed by atoms with Crippen molar-refractivity contribution in [3.05, 3.63) is 58.6 Å². The Morgan fingerprint density at radius 1 is 1.08 bits per heavy atom. The van der Waals surface area contributed by atoms with Crippen LogP contribution in [0, 0.1) is 15.5 Å². The lowest BCUT2D eigenvalue weighted by molar-refractivity contribution is -0.384. The maximum Gasteiger partial charge on any atom is 0.280 e. The number of piperazine rings is 1. The molecule has 10 heteroatoms. The summed E-state index contributed by atoms with van der Waals surface area (Å²) in [4.78, 5) is 33.3. The van der Waals surface area contributed by atoms with Crippen molar-refractivity contribution in [3.8, 4) is 11.4 Å². The van der Waals surface area contributed by atoms with Crippen LogP contribution in [0.15, 0.2) is 48.5 Å². The molecule has 1 atom stereocenters. The minimum Gasteiger partial charge on any atom is -0.338 e. The second-order valence-electron chi connectivity index (χ2n) is 10.5. The summed E-state index contributed by atoms with van der Waals surface area (Å²) in [6.07, 6.45) is 0.489. The minimum atomic E-state index is -0.410. The van der Waals surface area contributed by atoms with Crippen LogP contribution in [0.5, 0.6) is 0 Å². The molecule has 1 fully saturated rings. The Morgan fingerprint density at radius 3 is 2.53 bits per heavy atom. The summed E-state index contributed by atoms with van der Waals surface area (Å²) in [6.45, 7) is 9.96. The molecule has 0 spiro atoms. The van der Waals surface area contributed by atoms with Gasteiger partial charge in [0.1, 0.15) is 0 Å². The SMILES string of the molecule is CC1CN(c2nc3ccccc3c3nnc(-c4ccccc4[N+](=O)[O-])n23)CCN1C(=O)CC(C)(C)C. The van der Waals surface area contributed by atoms with E-state index in [-0.39, 0.29) is 23.1 Å². The number of carbonyl (C=O) groups is 1. The van der Waals surface area contributed by atoms with Gasteiger partial charge in [-0.3, -0.25) is 14.9 Å². The van der Waals surface area contributed by atoms with Gasteiger partial charge in [-0.1, -0.05) is 45.0 Å². The molecule has 1 saturated heterocycles. The van der Waals surface area contributed by atoms with Gasteiger partial charge in [0.15, 0.2) is 11.5 Å². The molecule has 1 aliphatic rings. The molecule has 1 aliphatic heterocycles. The van der Waals surface area contributed by atoms with E-state index in [1.807, 2.05) is 40.5 Å². The summed E-state index contributed by atoms with van der Waals surface area (Å²) in [6, 6.07) is 14.2. The number of carbonyl (C=O) groups excluding carboxylic acids is 1. The molecule has 0 N–H and O–H groups in total. The highest BCUT2D eigenvalue weighted by atomic mass is 16.6. The first kappa shape index (κ1) is 23.7. The summed E-state index contributed by atoms with van der Waals surface area (Å²) in [7, 11) is 0. The van der Waals surface area contributed by atoms with Crippen molar-refractivity contribution in [3.63, 3.8) is 0 Å². The molecule has 2 aromatic carbocycles. The van der Waals surface area contributed by atoms with Crippen molar-refractivity contribution >= 4 is 34.1 Å². The zero-order valence-electron chi connectivity index (χ0n) is 20.9. The number of fused-ring (bicyclic) bond motifs is 3. The molecule has 3 heterocycles. The summed E-state index contributed by atoms with van der Waals surface area (Å²) >= 11 is 0. The van der Waals surface area contributed by atoms with Gasteiger partial charge in [-0.05, 0) is 30.5 Å². The third-order valence-electron chi connectivity index (χ3n) is 6.48. The Morgan fingerprint density at radius 2 is 1.81 bits per heavy atom. The van der Waals surface area contributed by atoms with E-state index < -0.39 is 4.92 Å². The number of anilines is 1. The average Bonchev–Trinajstić information content (AvgIpc) is 3.27. The van der Waals surface area contributed by atoms with Crippen LogP contribution in [0.1, 0.15) is 34.1 Å². The molecule has 0 bridgehead atoms. The number of hydrogen-bond donors (Lipinski definition) is 0. The molecule has 10 nitrogen and oxygen atoms in total. The molecule has 0 saturated carbocycles. The molecule has 5 rings (SSSR count). The predicted octanol–water partition coefficient (Wildman–Crippen LogP) is 4.33. The summed E-state index contributed by atoms with van der Waals surface area (Å²) in [5.74, 6) is 1.12. The maximum atomic E-state index is 13.0. The fraction of sp³-hybridized carbons (Fsp3) is 0.385. The maximum absolute atomic E-state index is 13.0. The van der Waals surface area contributed by atoms with E-state index in [9.17, 15) is 14.9 Å². The molecule has 4 aromatic rings. The van der Waals surface area contributed by atoms with Gasteiger partial charge in [0, 0.05) is 43.5 Å². The summed E-state index contributed by atoms with van der Waals surface area (Å²) in [5, 5.41) is 21.4. The largest absolute Gasteiger partial charge is 0.338 e. The molecule has 186 valence electrons. The topological polar surface area (TPSA) is 110 Å². The Balaban J connectivity index is 1.61. The quantitative estimate of drug-likeness (QED) is 0.311. The van der Waals surface area contributed by atoms with Gasteiger partial charge in [0.2, 0.25) is 11.9 Å². The first-order valence-corrected chi connectivity index (χ1v) is 12.1. The van der Waals surface area contributed by atoms with Crippen molar-refractivity contribution in [2.45, 2.75) is 40.2 Å². The second kappa shape index (κ2) is 8.85. The minimum absolute atomic E-state index is 0.0251. The van der Waals surface area contributed by atoms with Crippen LogP contribution in [0.2, 0.25) is 0 Å². The predicted molar refractivity (Wildman–Crippen MR) is 138 cm³/mol. The van der Waals surface area contributed by atoms with Crippen LogP contribution in [-0.4, -0.2) is 61.0 Å². The lowest BCUT2D eigenvalue weighted by Gasteiger charge is -2.41. The fourth-order valence-corrected chi connectivity index (χ4v) is 4.84. The van der Waals surface area contributed by atoms with Gasteiger partial charge >= 0.3 is 0 Å². The van der Waals surface area contributed by atoms with E-state index in [1.54, 1.807) is 18.2 Å². The standard InChI is InChI=1S/C26H29N7O3/c1-17-16-30(13-14-31(17)22(34)15-26(2,3)4)25-27-20-11-7-5-9-18(20)23-28-29-24(32(23)25)19-10-6-8-12-21(19)33(35)36/h5-12,17H,13-16H2,1-4H3. The lowest BCUT2D eigenvalue weighted by atomic mass is 9.91. The zero-order chi connectivity index (χ0) is 25.6. The molecule has 2 aromatic heterocycles. The van der Waals surface area contributed by atoms with E-state index in [1.165, 1.54) is 6.07 Å². The number of amides is 1. The number of benzene rings is 2. The van der Waals surface area contributed by atoms with Gasteiger partial charge in [-0.2, -0.15) is 0 Å². The van der Waals surface area contributed by atoms with Crippen LogP contribution in [0.25, 0.3) is 27.9 Å². The number of nitro groups is 1. The average molecular weight is 488 g/mol. The third-order valence-corrected chi connectivity index (χ3v) is 6.48. The summed E-state index contributed by atoms with van der Waals surface area (Å²) in [5.41, 5.74) is 1.60. The molecule has 1 unspecified atom stereocenters. The zero-order valence-corrected chi connectivity index (χ0v) is 20.9. The molecular formula is C26H29N7O3. The van der Waals surface area contributed by atoms with Crippen LogP contribution in [0.3, 0.4) is 0 Å². The van der Waals surface area contributed by atoms with Crippen molar-refractivity contribution < 1.29 is 9.72 Å². The highest BCUT2D eigenvalue weighted by Gasteiger charge is 2.32. The number of para-hydroxylation sites is 2. The van der Waals surface area contributed by atoms with Crippen LogP contribution >= 0.6 is 0 Å². The van der Waals surface area contributed by atoms with E-state index in [2.05, 4.69) is 35.9 Å². The fourth-order valence-electron chi connectivity index (χ4n) is 4.84. The van der Waals surface area contributed by atoms with Gasteiger partial charge in [0.05, 0.1) is 16.0 Å². The number of nitro benzene ring substituents is 1. The second-order valence-corrected chi connectivity index (χ2v) is 10.5. The molecular weight excluding hydrogens is 458 g/mol. The first-order valence-electron chi connectivity index (χ1n) is 12.1. The Kier molecular flexibility index (Phi) is 5.82. The van der Waals surface area contributed by atoms with E-state index in [4.69, 9.17) is 4.98 Å². The smallest absolute Gasteiger partial charge is 0.280 e. The number of nitrogens with zero attached hydrogens (tertiary/aromatic N) is 7. The third kappa shape index (κ3) is 4.23. The highest BCUT2D eigenvalue weighted by Crippen LogP contribution is 2.33. The normalized spacial score (nSPS) is 16.6. The van der Waals surface area contributed by atoms with E-state index in [0.29, 0.717) is 49.0 Å². The molecule has 1 amide bonds. The van der Waals surface area contributed by atoms with Crippen LogP contribution in [0.4, 0.5) is 11.6 Å². The Labute approximate surface area is 208 Å². The Hall–Kier alpha value is -4.08. The van der Waals surface area contributed by atoms with Gasteiger partial charge in [-0.15, -0.1) is 10.2 Å². The van der Waals surface area contributed by atoms with Crippen LogP contribution in [-0.2, 0) is 4.79 Å². The molecule has 0 radical (unpaired) electrons. The van der Waals surface area contributed by atoms with E-state index >= 15 is 0 Å². The first-order chi connectivity index (χ1) is 17.1. The monoisotopic (exact) mass is 487 g/mol. The number of hydrogen-bond acceptors (Lipinski definition) is 7. The Bertz CT molecular complexity index is 1470. The van der Waals surface area contributed by atoms with Crippen molar-refractivity contribution in [2.24, 2.45) is 5.41 Å². The number of rotatable bonds is 4. The van der Waals surface area contributed by atoms with Crippen molar-refractivity contribution in [2.75, 3.05) is 24.5 Å². The lowest BCUT2D eigenvalue weighted by Crippen LogP contribution is -2.55. The molecule has 0 aliphatic carbocycles. The van der Waals surface area contributed by atoms with E-state index in [0.717, 1.165) is 10.9 Å². The van der Waals surface area contributed by atoms with Gasteiger partial charge in [-0.25, -0.2) is 9.38 Å². The highest BCUT2D eigenvalue weighted by molar-refractivity contribution is 5.93. The van der Waals surface area contributed by atoms with Crippen LogP contribution < -0.4 is 4.90 Å². The van der Waals surface area contributed by atoms with Gasteiger partial charge < -0.3 is 9.80 Å². The van der Waals surface area contributed by atoms with Crippen molar-refractivity contribution in [1.82, 2.24) is 24.5 Å².